The number of anilines is 1. The Bertz CT molecular complexity index is 575. The van der Waals surface area contributed by atoms with Gasteiger partial charge in [-0.1, -0.05) is 12.1 Å². The van der Waals surface area contributed by atoms with Crippen molar-refractivity contribution in [3.63, 3.8) is 0 Å². The Morgan fingerprint density at radius 1 is 1.50 bits per heavy atom. The normalized spacial score (nSPS) is 10.5. The van der Waals surface area contributed by atoms with Crippen LogP contribution >= 0.6 is 0 Å². The molecule has 3 N–H and O–H groups in total. The maximum absolute atomic E-state index is 10.5. The van der Waals surface area contributed by atoms with E-state index in [9.17, 15) is 4.79 Å². The van der Waals surface area contributed by atoms with Gasteiger partial charge in [0.25, 0.3) is 0 Å². The fraction of sp³-hybridized carbons (Fsp3) is 0.231. The maximum atomic E-state index is 10.5. The van der Waals surface area contributed by atoms with E-state index in [2.05, 4.69) is 5.10 Å². The van der Waals surface area contributed by atoms with Crippen LogP contribution in [0.2, 0.25) is 0 Å². The van der Waals surface area contributed by atoms with Gasteiger partial charge in [0.15, 0.2) is 0 Å². The smallest absolute Gasteiger partial charge is 0.303 e. The number of nitrogen functional groups attached to an aromatic ring is 1. The van der Waals surface area contributed by atoms with Gasteiger partial charge in [-0.3, -0.25) is 4.79 Å². The minimum Gasteiger partial charge on any atom is -0.481 e. The molecule has 0 atom stereocenters. The Morgan fingerprint density at radius 3 is 2.94 bits per heavy atom. The van der Waals surface area contributed by atoms with Gasteiger partial charge in [0.1, 0.15) is 5.82 Å². The topological polar surface area (TPSA) is 81.1 Å². The van der Waals surface area contributed by atoms with E-state index in [1.54, 1.807) is 10.9 Å². The third-order valence-corrected chi connectivity index (χ3v) is 2.74. The van der Waals surface area contributed by atoms with Crippen molar-refractivity contribution < 1.29 is 9.90 Å². The minimum absolute atomic E-state index is 0.0592. The van der Waals surface area contributed by atoms with Crippen molar-refractivity contribution >= 4 is 11.8 Å². The molecule has 1 aromatic heterocycles. The number of rotatable bonds is 4. The molecule has 18 heavy (non-hydrogen) atoms. The lowest BCUT2D eigenvalue weighted by Gasteiger charge is -2.05. The van der Waals surface area contributed by atoms with Crippen LogP contribution in [0, 0.1) is 6.92 Å². The van der Waals surface area contributed by atoms with E-state index in [0.717, 1.165) is 16.8 Å². The summed E-state index contributed by atoms with van der Waals surface area (Å²) in [5.74, 6) is -0.334. The second-order valence-electron chi connectivity index (χ2n) is 4.20. The summed E-state index contributed by atoms with van der Waals surface area (Å²) in [6.07, 6.45) is 2.08. The number of benzene rings is 1. The fourth-order valence-electron chi connectivity index (χ4n) is 1.79. The molecule has 2 aromatic rings. The van der Waals surface area contributed by atoms with Crippen LogP contribution in [0.4, 0.5) is 5.82 Å². The molecule has 2 rings (SSSR count). The summed E-state index contributed by atoms with van der Waals surface area (Å²) in [6, 6.07) is 7.82. The Hall–Kier alpha value is -2.30. The Balaban J connectivity index is 2.28. The number of carbonyl (C=O) groups is 1. The zero-order valence-corrected chi connectivity index (χ0v) is 10.1. The third-order valence-electron chi connectivity index (χ3n) is 2.74. The van der Waals surface area contributed by atoms with E-state index in [0.29, 0.717) is 12.2 Å². The van der Waals surface area contributed by atoms with Gasteiger partial charge >= 0.3 is 5.97 Å². The monoisotopic (exact) mass is 245 g/mol. The number of nitrogens with zero attached hydrogens (tertiary/aromatic N) is 2. The van der Waals surface area contributed by atoms with Crippen molar-refractivity contribution in [3.8, 4) is 5.69 Å². The average Bonchev–Trinajstić information content (AvgIpc) is 2.68. The second kappa shape index (κ2) is 4.91. The summed E-state index contributed by atoms with van der Waals surface area (Å²) in [6.45, 7) is 1.99. The van der Waals surface area contributed by atoms with E-state index >= 15 is 0 Å². The van der Waals surface area contributed by atoms with Crippen molar-refractivity contribution in [1.29, 1.82) is 0 Å². The Kier molecular flexibility index (Phi) is 3.32. The van der Waals surface area contributed by atoms with Crippen molar-refractivity contribution in [3.05, 3.63) is 41.6 Å². The number of aromatic nitrogens is 2. The van der Waals surface area contributed by atoms with Crippen LogP contribution in [0.1, 0.15) is 17.5 Å². The molecule has 0 amide bonds. The molecule has 0 radical (unpaired) electrons. The molecular weight excluding hydrogens is 230 g/mol. The van der Waals surface area contributed by atoms with Crippen LogP contribution < -0.4 is 5.73 Å². The minimum atomic E-state index is -0.835. The van der Waals surface area contributed by atoms with Crippen LogP contribution in [0.5, 0.6) is 0 Å². The number of carboxylic acid groups (broad SMARTS) is 1. The van der Waals surface area contributed by atoms with Gasteiger partial charge in [-0.2, -0.15) is 5.10 Å². The summed E-state index contributed by atoms with van der Waals surface area (Å²) in [7, 11) is 0. The van der Waals surface area contributed by atoms with Gasteiger partial charge in [-0.25, -0.2) is 4.68 Å². The van der Waals surface area contributed by atoms with E-state index in [1.807, 2.05) is 31.2 Å². The summed E-state index contributed by atoms with van der Waals surface area (Å²) in [4.78, 5) is 10.5. The van der Waals surface area contributed by atoms with Gasteiger partial charge in [0.2, 0.25) is 0 Å². The summed E-state index contributed by atoms with van der Waals surface area (Å²) < 4.78 is 1.63. The first-order valence-corrected chi connectivity index (χ1v) is 5.69. The molecule has 94 valence electrons. The highest BCUT2D eigenvalue weighted by atomic mass is 16.4. The fourth-order valence-corrected chi connectivity index (χ4v) is 1.79. The number of hydrogen-bond acceptors (Lipinski definition) is 3. The van der Waals surface area contributed by atoms with Gasteiger partial charge in [0, 0.05) is 12.0 Å². The first-order valence-electron chi connectivity index (χ1n) is 5.69. The quantitative estimate of drug-likeness (QED) is 0.860. The summed E-state index contributed by atoms with van der Waals surface area (Å²) in [5.41, 5.74) is 8.75. The molecule has 0 unspecified atom stereocenters. The zero-order valence-electron chi connectivity index (χ0n) is 10.1. The van der Waals surface area contributed by atoms with Crippen molar-refractivity contribution in [1.82, 2.24) is 9.78 Å². The molecule has 0 fully saturated rings. The molecule has 0 aliphatic carbocycles. The number of carboxylic acids is 1. The van der Waals surface area contributed by atoms with Crippen molar-refractivity contribution in [2.45, 2.75) is 19.8 Å². The number of hydrogen-bond donors (Lipinski definition) is 2. The highest BCUT2D eigenvalue weighted by Crippen LogP contribution is 2.19. The highest BCUT2D eigenvalue weighted by molar-refractivity contribution is 5.67. The number of aliphatic carboxylic acids is 1. The average molecular weight is 245 g/mol. The van der Waals surface area contributed by atoms with E-state index in [4.69, 9.17) is 10.8 Å². The lowest BCUT2D eigenvalue weighted by atomic mass is 10.2. The molecule has 0 bridgehead atoms. The lowest BCUT2D eigenvalue weighted by Crippen LogP contribution is -2.04. The first kappa shape index (κ1) is 12.2. The van der Waals surface area contributed by atoms with Crippen molar-refractivity contribution in [2.24, 2.45) is 0 Å². The molecule has 0 spiro atoms. The third kappa shape index (κ3) is 2.51. The standard InChI is InChI=1S/C13H15N3O2/c1-9-3-2-4-11(7-9)16-13(14)10(8-15-16)5-6-12(17)18/h2-4,7-8H,5-6,14H2,1H3,(H,17,18). The predicted octanol–water partition coefficient (Wildman–Crippen LogP) is 1.78. The largest absolute Gasteiger partial charge is 0.481 e. The molecule has 0 saturated carbocycles. The van der Waals surface area contributed by atoms with Gasteiger partial charge in [0.05, 0.1) is 11.9 Å². The number of aryl methyl sites for hydroxylation is 2. The van der Waals surface area contributed by atoms with Crippen LogP contribution in [-0.4, -0.2) is 20.9 Å². The summed E-state index contributed by atoms with van der Waals surface area (Å²) >= 11 is 0. The van der Waals surface area contributed by atoms with E-state index in [1.165, 1.54) is 0 Å². The second-order valence-corrected chi connectivity index (χ2v) is 4.20. The maximum Gasteiger partial charge on any atom is 0.303 e. The molecule has 5 nitrogen and oxygen atoms in total. The molecule has 1 heterocycles. The van der Waals surface area contributed by atoms with E-state index < -0.39 is 5.97 Å². The SMILES string of the molecule is Cc1cccc(-n2ncc(CCC(=O)O)c2N)c1. The molecule has 5 heteroatoms. The summed E-state index contributed by atoms with van der Waals surface area (Å²) in [5, 5.41) is 12.9. The van der Waals surface area contributed by atoms with Crippen LogP contribution in [-0.2, 0) is 11.2 Å². The Morgan fingerprint density at radius 2 is 2.28 bits per heavy atom. The molecule has 0 aliphatic rings. The lowest BCUT2D eigenvalue weighted by molar-refractivity contribution is -0.136. The number of nitrogens with two attached hydrogens (primary N) is 1. The van der Waals surface area contributed by atoms with Crippen molar-refractivity contribution in [2.75, 3.05) is 5.73 Å². The first-order chi connectivity index (χ1) is 8.58. The van der Waals surface area contributed by atoms with Crippen LogP contribution in [0.25, 0.3) is 5.69 Å². The van der Waals surface area contributed by atoms with Crippen LogP contribution in [0.3, 0.4) is 0 Å². The highest BCUT2D eigenvalue weighted by Gasteiger charge is 2.10. The molecule has 0 saturated heterocycles. The van der Waals surface area contributed by atoms with Gasteiger partial charge in [-0.05, 0) is 31.0 Å². The molecule has 0 aliphatic heterocycles. The molecular formula is C13H15N3O2. The predicted molar refractivity (Wildman–Crippen MR) is 68.7 cm³/mol. The molecule has 1 aromatic carbocycles. The van der Waals surface area contributed by atoms with Gasteiger partial charge < -0.3 is 10.8 Å². The zero-order chi connectivity index (χ0) is 13.1. The van der Waals surface area contributed by atoms with Crippen LogP contribution in [0.15, 0.2) is 30.5 Å². The van der Waals surface area contributed by atoms with E-state index in [-0.39, 0.29) is 6.42 Å². The van der Waals surface area contributed by atoms with Gasteiger partial charge in [-0.15, -0.1) is 0 Å². The Labute approximate surface area is 105 Å².